The minimum Gasteiger partial charge on any atom is -0.351 e. The lowest BCUT2D eigenvalue weighted by molar-refractivity contribution is -0.250. The average Bonchev–Trinajstić information content (AvgIpc) is 2.65. The van der Waals surface area contributed by atoms with Crippen molar-refractivity contribution in [1.82, 2.24) is 0 Å². The van der Waals surface area contributed by atoms with E-state index >= 15 is 0 Å². The molecule has 0 N–H and O–H groups in total. The molecule has 4 heteroatoms. The van der Waals surface area contributed by atoms with Gasteiger partial charge in [-0.2, -0.15) is 0 Å². The quantitative estimate of drug-likeness (QED) is 0.519. The van der Waals surface area contributed by atoms with Crippen LogP contribution in [0.25, 0.3) is 0 Å². The Hall–Kier alpha value is -0.450. The van der Waals surface area contributed by atoms with Crippen LogP contribution in [-0.2, 0) is 19.0 Å². The van der Waals surface area contributed by atoms with Gasteiger partial charge >= 0.3 is 0 Å². The summed E-state index contributed by atoms with van der Waals surface area (Å²) >= 11 is 0. The lowest BCUT2D eigenvalue weighted by atomic mass is 9.91. The molecule has 0 unspecified atom stereocenters. The zero-order valence-corrected chi connectivity index (χ0v) is 7.01. The molecule has 0 aromatic carbocycles. The third-order valence-electron chi connectivity index (χ3n) is 3.89. The van der Waals surface area contributed by atoms with Crippen molar-refractivity contribution in [3.8, 4) is 0 Å². The fourth-order valence-electron chi connectivity index (χ4n) is 3.30. The van der Waals surface area contributed by atoms with Crippen molar-refractivity contribution in [2.24, 2.45) is 23.7 Å². The molecule has 1 saturated carbocycles. The highest BCUT2D eigenvalue weighted by Gasteiger charge is 2.66. The molecule has 0 aromatic rings. The van der Waals surface area contributed by atoms with Crippen LogP contribution in [0.4, 0.5) is 0 Å². The van der Waals surface area contributed by atoms with Gasteiger partial charge in [0.05, 0.1) is 25.0 Å². The van der Waals surface area contributed by atoms with E-state index in [-0.39, 0.29) is 24.4 Å². The summed E-state index contributed by atoms with van der Waals surface area (Å²) in [6, 6.07) is 0. The van der Waals surface area contributed by atoms with Crippen molar-refractivity contribution < 1.29 is 19.0 Å². The van der Waals surface area contributed by atoms with E-state index in [0.717, 1.165) is 0 Å². The molecule has 4 fully saturated rings. The van der Waals surface area contributed by atoms with Crippen molar-refractivity contribution in [3.05, 3.63) is 0 Å². The molecule has 70 valence electrons. The molecule has 13 heavy (non-hydrogen) atoms. The molecule has 1 aliphatic carbocycles. The Morgan fingerprint density at radius 1 is 1.00 bits per heavy atom. The molecule has 3 saturated heterocycles. The molecule has 4 aliphatic rings. The third-order valence-corrected chi connectivity index (χ3v) is 3.89. The Morgan fingerprint density at radius 3 is 2.08 bits per heavy atom. The predicted octanol–water partition coefficient (Wildman–Crippen LogP) is -0.223. The van der Waals surface area contributed by atoms with Crippen LogP contribution in [0.5, 0.6) is 0 Å². The Labute approximate surface area is 75.1 Å². The molecule has 3 heterocycles. The molecule has 0 radical (unpaired) electrons. The normalized spacial score (nSPS) is 62.0. The maximum atomic E-state index is 11.9. The number of fused-ring (bicyclic) bond motifs is 1. The summed E-state index contributed by atoms with van der Waals surface area (Å²) in [5, 5.41) is 0. The smallest absolute Gasteiger partial charge is 0.170 e. The molecule has 4 rings (SSSR count). The van der Waals surface area contributed by atoms with Gasteiger partial charge in [-0.15, -0.1) is 0 Å². The van der Waals surface area contributed by atoms with E-state index in [9.17, 15) is 4.79 Å². The van der Waals surface area contributed by atoms with Crippen LogP contribution in [0.3, 0.4) is 0 Å². The summed E-state index contributed by atoms with van der Waals surface area (Å²) in [6.07, 6.45) is -0.604. The number of rotatable bonds is 0. The minimum absolute atomic E-state index is 0.0233. The highest BCUT2D eigenvalue weighted by Crippen LogP contribution is 2.54. The van der Waals surface area contributed by atoms with Crippen LogP contribution >= 0.6 is 0 Å². The molecule has 6 atom stereocenters. The van der Waals surface area contributed by atoms with Crippen molar-refractivity contribution >= 4 is 5.78 Å². The molecular weight excluding hydrogens is 172 g/mol. The van der Waals surface area contributed by atoms with Crippen LogP contribution in [-0.4, -0.2) is 31.6 Å². The van der Waals surface area contributed by atoms with E-state index in [1.54, 1.807) is 0 Å². The Morgan fingerprint density at radius 2 is 1.54 bits per heavy atom. The fraction of sp³-hybridized carbons (Fsp3) is 0.889. The highest BCUT2D eigenvalue weighted by molar-refractivity contribution is 5.88. The van der Waals surface area contributed by atoms with E-state index in [0.29, 0.717) is 30.8 Å². The first kappa shape index (κ1) is 6.92. The summed E-state index contributed by atoms with van der Waals surface area (Å²) in [5.41, 5.74) is 0. The fourth-order valence-corrected chi connectivity index (χ4v) is 3.30. The van der Waals surface area contributed by atoms with Gasteiger partial charge in [0.2, 0.25) is 0 Å². The van der Waals surface area contributed by atoms with Gasteiger partial charge in [0, 0.05) is 11.8 Å². The summed E-state index contributed by atoms with van der Waals surface area (Å²) in [4.78, 5) is 11.9. The van der Waals surface area contributed by atoms with Gasteiger partial charge in [0.25, 0.3) is 0 Å². The number of carbonyl (C=O) groups excluding carboxylic acids is 1. The lowest BCUT2D eigenvalue weighted by Crippen LogP contribution is -2.42. The van der Waals surface area contributed by atoms with E-state index in [4.69, 9.17) is 14.2 Å². The predicted molar refractivity (Wildman–Crippen MR) is 39.5 cm³/mol. The van der Waals surface area contributed by atoms with Gasteiger partial charge in [-0.25, -0.2) is 0 Å². The van der Waals surface area contributed by atoms with Crippen molar-refractivity contribution in [2.75, 3.05) is 13.2 Å². The van der Waals surface area contributed by atoms with Gasteiger partial charge in [-0.05, 0) is 0 Å². The van der Waals surface area contributed by atoms with Crippen LogP contribution in [0.1, 0.15) is 0 Å². The van der Waals surface area contributed by atoms with Gasteiger partial charge in [-0.3, -0.25) is 4.79 Å². The second kappa shape index (κ2) is 1.97. The van der Waals surface area contributed by atoms with Crippen LogP contribution in [0, 0.1) is 23.7 Å². The lowest BCUT2D eigenvalue weighted by Gasteiger charge is -2.28. The van der Waals surface area contributed by atoms with E-state index in [1.807, 2.05) is 0 Å². The molecule has 2 bridgehead atoms. The molecule has 0 amide bonds. The van der Waals surface area contributed by atoms with E-state index < -0.39 is 0 Å². The molecule has 4 nitrogen and oxygen atoms in total. The van der Waals surface area contributed by atoms with Crippen LogP contribution < -0.4 is 0 Å². The first-order valence-electron chi connectivity index (χ1n) is 4.78. The maximum absolute atomic E-state index is 11.9. The molecular formula is C9H10O4. The van der Waals surface area contributed by atoms with Crippen LogP contribution in [0.15, 0.2) is 0 Å². The summed E-state index contributed by atoms with van der Waals surface area (Å²) in [6.45, 7) is 1.36. The molecule has 0 aromatic heterocycles. The SMILES string of the molecule is O=C1[C@@H]2[C@H]3OC[C@@H]2[C@@H]2CO[C@H](O3)[C@H]12. The maximum Gasteiger partial charge on any atom is 0.170 e. The summed E-state index contributed by atoms with van der Waals surface area (Å²) < 4.78 is 16.4. The number of Topliss-reactive ketones (excluding diaryl/α,β-unsaturated/α-hetero) is 1. The Kier molecular flexibility index (Phi) is 1.05. The standard InChI is InChI=1S/C9H10O4/c10-7-5-3-1-11-8(5)13-9-6(7)4(3)2-12-9/h3-6,8-9H,1-2H2/t3-,4+,5-,6+,8+,9-. The molecule has 0 spiro atoms. The van der Waals surface area contributed by atoms with Gasteiger partial charge in [0.1, 0.15) is 5.78 Å². The number of carbonyl (C=O) groups is 1. The highest BCUT2D eigenvalue weighted by atomic mass is 16.8. The Balaban J connectivity index is 1.89. The Bertz CT molecular complexity index is 263. The monoisotopic (exact) mass is 182 g/mol. The summed E-state index contributed by atoms with van der Waals surface area (Å²) in [7, 11) is 0. The second-order valence-corrected chi connectivity index (χ2v) is 4.32. The third kappa shape index (κ3) is 0.610. The zero-order valence-electron chi connectivity index (χ0n) is 7.01. The average molecular weight is 182 g/mol. The summed E-state index contributed by atoms with van der Waals surface area (Å²) in [5.74, 6) is 1.11. The molecule has 3 aliphatic heterocycles. The van der Waals surface area contributed by atoms with E-state index in [1.165, 1.54) is 0 Å². The first-order chi connectivity index (χ1) is 6.36. The largest absolute Gasteiger partial charge is 0.351 e. The number of hydrogen-bond acceptors (Lipinski definition) is 4. The van der Waals surface area contributed by atoms with Gasteiger partial charge in [-0.1, -0.05) is 0 Å². The van der Waals surface area contributed by atoms with Gasteiger partial charge in [0.15, 0.2) is 12.6 Å². The zero-order chi connectivity index (χ0) is 8.58. The first-order valence-corrected chi connectivity index (χ1v) is 4.78. The van der Waals surface area contributed by atoms with E-state index in [2.05, 4.69) is 0 Å². The number of hydrogen-bond donors (Lipinski definition) is 0. The van der Waals surface area contributed by atoms with Gasteiger partial charge < -0.3 is 14.2 Å². The topological polar surface area (TPSA) is 44.8 Å². The minimum atomic E-state index is -0.302. The number of ether oxygens (including phenoxy) is 3. The second-order valence-electron chi connectivity index (χ2n) is 4.32. The van der Waals surface area contributed by atoms with Crippen molar-refractivity contribution in [2.45, 2.75) is 12.6 Å². The van der Waals surface area contributed by atoms with Crippen molar-refractivity contribution in [3.63, 3.8) is 0 Å². The van der Waals surface area contributed by atoms with Crippen LogP contribution in [0.2, 0.25) is 0 Å². The van der Waals surface area contributed by atoms with Crippen molar-refractivity contribution in [1.29, 1.82) is 0 Å². The number of ketones is 1.